The third-order valence-corrected chi connectivity index (χ3v) is 2.80. The highest BCUT2D eigenvalue weighted by Crippen LogP contribution is 2.24. The van der Waals surface area contributed by atoms with Gasteiger partial charge < -0.3 is 0 Å². The van der Waals surface area contributed by atoms with E-state index in [9.17, 15) is 0 Å². The summed E-state index contributed by atoms with van der Waals surface area (Å²) in [6, 6.07) is 13.5. The topological polar surface area (TPSA) is 43.6 Å². The Labute approximate surface area is 109 Å². The molecule has 0 aliphatic rings. The molecule has 0 aliphatic heterocycles. The Morgan fingerprint density at radius 3 is 2.50 bits per heavy atom. The molecular weight excluding hydrogens is 248 g/mol. The summed E-state index contributed by atoms with van der Waals surface area (Å²) >= 11 is 6.10. The van der Waals surface area contributed by atoms with Crippen LogP contribution in [0.4, 0.5) is 0 Å². The first kappa shape index (κ1) is 10.9. The van der Waals surface area contributed by atoms with Crippen molar-refractivity contribution in [2.75, 3.05) is 0 Å². The standard InChI is InChI=1S/C13H9ClN4/c14-13-17-16-12(10-5-4-8-15-9-10)18(13)11-6-2-1-3-7-11/h1-9H. The van der Waals surface area contributed by atoms with Gasteiger partial charge in [0.25, 0.3) is 0 Å². The van der Waals surface area contributed by atoms with Gasteiger partial charge in [-0.25, -0.2) is 0 Å². The Bertz CT molecular complexity index is 649. The predicted molar refractivity (Wildman–Crippen MR) is 69.6 cm³/mol. The van der Waals surface area contributed by atoms with E-state index in [-0.39, 0.29) is 0 Å². The molecule has 0 amide bonds. The van der Waals surface area contributed by atoms with Crippen molar-refractivity contribution < 1.29 is 0 Å². The molecule has 5 heteroatoms. The Morgan fingerprint density at radius 1 is 0.944 bits per heavy atom. The average Bonchev–Trinajstić information content (AvgIpc) is 2.83. The van der Waals surface area contributed by atoms with Gasteiger partial charge in [0.1, 0.15) is 0 Å². The lowest BCUT2D eigenvalue weighted by atomic mass is 10.2. The minimum absolute atomic E-state index is 0.333. The fourth-order valence-corrected chi connectivity index (χ4v) is 1.97. The van der Waals surface area contributed by atoms with Crippen molar-refractivity contribution in [3.05, 3.63) is 60.1 Å². The lowest BCUT2D eigenvalue weighted by Crippen LogP contribution is -1.97. The molecule has 0 spiro atoms. The van der Waals surface area contributed by atoms with Crippen LogP contribution in [0.15, 0.2) is 54.9 Å². The molecule has 0 fully saturated rings. The summed E-state index contributed by atoms with van der Waals surface area (Å²) < 4.78 is 1.79. The van der Waals surface area contributed by atoms with E-state index in [1.807, 2.05) is 42.5 Å². The van der Waals surface area contributed by atoms with Gasteiger partial charge in [-0.05, 0) is 35.9 Å². The summed E-state index contributed by atoms with van der Waals surface area (Å²) in [5.41, 5.74) is 1.80. The molecule has 0 N–H and O–H groups in total. The molecular formula is C13H9ClN4. The largest absolute Gasteiger partial charge is 0.266 e. The molecule has 18 heavy (non-hydrogen) atoms. The summed E-state index contributed by atoms with van der Waals surface area (Å²) in [5, 5.41) is 8.36. The molecule has 88 valence electrons. The summed E-state index contributed by atoms with van der Waals surface area (Å²) in [6.45, 7) is 0. The third-order valence-electron chi connectivity index (χ3n) is 2.56. The number of hydrogen-bond donors (Lipinski definition) is 0. The van der Waals surface area contributed by atoms with Gasteiger partial charge >= 0.3 is 0 Å². The first-order valence-corrected chi connectivity index (χ1v) is 5.81. The molecule has 2 aromatic heterocycles. The SMILES string of the molecule is Clc1nnc(-c2cccnc2)n1-c1ccccc1. The summed E-state index contributed by atoms with van der Waals surface area (Å²) in [6.07, 6.45) is 3.45. The normalized spacial score (nSPS) is 10.5. The van der Waals surface area contributed by atoms with E-state index in [1.54, 1.807) is 17.0 Å². The van der Waals surface area contributed by atoms with Crippen LogP contribution in [0.25, 0.3) is 17.1 Å². The van der Waals surface area contributed by atoms with E-state index in [2.05, 4.69) is 15.2 Å². The second-order valence-electron chi connectivity index (χ2n) is 3.71. The van der Waals surface area contributed by atoms with Crippen LogP contribution < -0.4 is 0 Å². The lowest BCUT2D eigenvalue weighted by Gasteiger charge is -2.06. The molecule has 0 aliphatic carbocycles. The van der Waals surface area contributed by atoms with E-state index in [0.29, 0.717) is 11.1 Å². The van der Waals surface area contributed by atoms with Crippen LogP contribution in [-0.4, -0.2) is 19.7 Å². The zero-order valence-electron chi connectivity index (χ0n) is 9.36. The van der Waals surface area contributed by atoms with Crippen molar-refractivity contribution in [2.45, 2.75) is 0 Å². The molecule has 0 saturated heterocycles. The number of para-hydroxylation sites is 1. The Morgan fingerprint density at radius 2 is 1.78 bits per heavy atom. The minimum Gasteiger partial charge on any atom is -0.266 e. The van der Waals surface area contributed by atoms with Gasteiger partial charge in [-0.15, -0.1) is 10.2 Å². The molecule has 2 heterocycles. The fourth-order valence-electron chi connectivity index (χ4n) is 1.75. The second kappa shape index (κ2) is 4.58. The van der Waals surface area contributed by atoms with Crippen LogP contribution in [-0.2, 0) is 0 Å². The van der Waals surface area contributed by atoms with Gasteiger partial charge in [-0.1, -0.05) is 18.2 Å². The van der Waals surface area contributed by atoms with Crippen molar-refractivity contribution in [1.82, 2.24) is 19.7 Å². The zero-order valence-corrected chi connectivity index (χ0v) is 10.1. The quantitative estimate of drug-likeness (QED) is 0.708. The van der Waals surface area contributed by atoms with Gasteiger partial charge in [0, 0.05) is 18.0 Å². The van der Waals surface area contributed by atoms with E-state index in [4.69, 9.17) is 11.6 Å². The van der Waals surface area contributed by atoms with Gasteiger partial charge in [0.05, 0.1) is 5.69 Å². The van der Waals surface area contributed by atoms with E-state index in [1.165, 1.54) is 0 Å². The van der Waals surface area contributed by atoms with Crippen molar-refractivity contribution >= 4 is 11.6 Å². The third kappa shape index (κ3) is 1.87. The number of aromatic nitrogens is 4. The highest BCUT2D eigenvalue weighted by molar-refractivity contribution is 6.28. The van der Waals surface area contributed by atoms with Crippen LogP contribution in [0.3, 0.4) is 0 Å². The molecule has 3 rings (SSSR count). The van der Waals surface area contributed by atoms with Gasteiger partial charge in [0.2, 0.25) is 5.28 Å². The van der Waals surface area contributed by atoms with Crippen molar-refractivity contribution in [3.8, 4) is 17.1 Å². The maximum atomic E-state index is 6.10. The minimum atomic E-state index is 0.333. The maximum Gasteiger partial charge on any atom is 0.229 e. The molecule has 0 saturated carbocycles. The maximum absolute atomic E-state index is 6.10. The van der Waals surface area contributed by atoms with Gasteiger partial charge in [-0.2, -0.15) is 0 Å². The first-order valence-electron chi connectivity index (χ1n) is 5.43. The predicted octanol–water partition coefficient (Wildman–Crippen LogP) is 2.98. The van der Waals surface area contributed by atoms with Crippen molar-refractivity contribution in [2.24, 2.45) is 0 Å². The number of benzene rings is 1. The van der Waals surface area contributed by atoms with Gasteiger partial charge in [-0.3, -0.25) is 9.55 Å². The number of hydrogen-bond acceptors (Lipinski definition) is 3. The molecule has 3 aromatic rings. The second-order valence-corrected chi connectivity index (χ2v) is 4.04. The zero-order chi connectivity index (χ0) is 12.4. The molecule has 0 radical (unpaired) electrons. The van der Waals surface area contributed by atoms with Crippen molar-refractivity contribution in [1.29, 1.82) is 0 Å². The molecule has 1 aromatic carbocycles. The number of pyridine rings is 1. The lowest BCUT2D eigenvalue weighted by molar-refractivity contribution is 1.06. The summed E-state index contributed by atoms with van der Waals surface area (Å²) in [5.74, 6) is 0.680. The summed E-state index contributed by atoms with van der Waals surface area (Å²) in [4.78, 5) is 4.08. The van der Waals surface area contributed by atoms with Crippen LogP contribution in [0.1, 0.15) is 0 Å². The molecule has 0 bridgehead atoms. The monoisotopic (exact) mass is 256 g/mol. The van der Waals surface area contributed by atoms with Crippen LogP contribution >= 0.6 is 11.6 Å². The van der Waals surface area contributed by atoms with Crippen LogP contribution in [0.5, 0.6) is 0 Å². The number of halogens is 1. The van der Waals surface area contributed by atoms with Crippen LogP contribution in [0, 0.1) is 0 Å². The fraction of sp³-hybridized carbons (Fsp3) is 0. The highest BCUT2D eigenvalue weighted by atomic mass is 35.5. The average molecular weight is 257 g/mol. The van der Waals surface area contributed by atoms with E-state index in [0.717, 1.165) is 11.3 Å². The summed E-state index contributed by atoms with van der Waals surface area (Å²) in [7, 11) is 0. The highest BCUT2D eigenvalue weighted by Gasteiger charge is 2.13. The Balaban J connectivity index is 2.19. The Hall–Kier alpha value is -2.20. The first-order chi connectivity index (χ1) is 8.86. The number of nitrogens with zero attached hydrogens (tertiary/aromatic N) is 4. The molecule has 4 nitrogen and oxygen atoms in total. The van der Waals surface area contributed by atoms with Crippen LogP contribution in [0.2, 0.25) is 5.28 Å². The van der Waals surface area contributed by atoms with E-state index >= 15 is 0 Å². The molecule has 0 atom stereocenters. The Kier molecular flexibility index (Phi) is 2.78. The smallest absolute Gasteiger partial charge is 0.229 e. The van der Waals surface area contributed by atoms with E-state index < -0.39 is 0 Å². The number of rotatable bonds is 2. The van der Waals surface area contributed by atoms with Gasteiger partial charge in [0.15, 0.2) is 5.82 Å². The molecule has 0 unspecified atom stereocenters. The van der Waals surface area contributed by atoms with Crippen molar-refractivity contribution in [3.63, 3.8) is 0 Å².